The molecule has 1 N–H and O–H groups in total. The summed E-state index contributed by atoms with van der Waals surface area (Å²) in [5.41, 5.74) is 5.96. The van der Waals surface area contributed by atoms with E-state index in [4.69, 9.17) is 0 Å². The molecule has 0 aliphatic carbocycles. The second kappa shape index (κ2) is 7.16. The van der Waals surface area contributed by atoms with E-state index in [-0.39, 0.29) is 17.9 Å². The second-order valence-corrected chi connectivity index (χ2v) is 6.96. The van der Waals surface area contributed by atoms with Crippen LogP contribution < -0.4 is 10.9 Å². The van der Waals surface area contributed by atoms with Crippen LogP contribution in [0.3, 0.4) is 0 Å². The van der Waals surface area contributed by atoms with Crippen LogP contribution in [0.15, 0.2) is 47.3 Å². The summed E-state index contributed by atoms with van der Waals surface area (Å²) in [5.74, 6) is -0.0979. The first kappa shape index (κ1) is 17.9. The zero-order valence-electron chi connectivity index (χ0n) is 15.7. The lowest BCUT2D eigenvalue weighted by Gasteiger charge is -2.15. The number of carbonyl (C=O) groups excluding carboxylic acids is 1. The molecular formula is C22H24N2O2. The molecule has 0 saturated heterocycles. The van der Waals surface area contributed by atoms with Gasteiger partial charge in [0.25, 0.3) is 5.56 Å². The van der Waals surface area contributed by atoms with Gasteiger partial charge in [-0.05, 0) is 57.0 Å². The Morgan fingerprint density at radius 3 is 2.31 bits per heavy atom. The molecule has 1 heterocycles. The average molecular weight is 348 g/mol. The predicted octanol–water partition coefficient (Wildman–Crippen LogP) is 4.26. The third-order valence-corrected chi connectivity index (χ3v) is 4.64. The van der Waals surface area contributed by atoms with Crippen LogP contribution >= 0.6 is 0 Å². The first-order valence-electron chi connectivity index (χ1n) is 8.83. The lowest BCUT2D eigenvalue weighted by molar-refractivity contribution is -0.116. The summed E-state index contributed by atoms with van der Waals surface area (Å²) >= 11 is 0. The molecule has 0 fully saturated rings. The Kier molecular flexibility index (Phi) is 4.94. The van der Waals surface area contributed by atoms with Crippen LogP contribution in [0.5, 0.6) is 0 Å². The molecule has 4 nitrogen and oxygen atoms in total. The van der Waals surface area contributed by atoms with E-state index < -0.39 is 0 Å². The van der Waals surface area contributed by atoms with Crippen LogP contribution in [-0.2, 0) is 11.3 Å². The van der Waals surface area contributed by atoms with Crippen molar-refractivity contribution in [3.05, 3.63) is 75.1 Å². The Labute approximate surface area is 153 Å². The minimum absolute atomic E-state index is 0.0647. The van der Waals surface area contributed by atoms with Gasteiger partial charge >= 0.3 is 0 Å². The van der Waals surface area contributed by atoms with Gasteiger partial charge in [0.1, 0.15) is 0 Å². The van der Waals surface area contributed by atoms with Crippen LogP contribution in [0.25, 0.3) is 10.9 Å². The maximum absolute atomic E-state index is 12.5. The molecule has 1 aromatic heterocycles. The lowest BCUT2D eigenvalue weighted by Crippen LogP contribution is -2.24. The molecule has 3 aromatic rings. The van der Waals surface area contributed by atoms with Crippen LogP contribution in [0.4, 0.5) is 5.69 Å². The van der Waals surface area contributed by atoms with E-state index in [1.165, 1.54) is 5.56 Å². The Morgan fingerprint density at radius 2 is 1.62 bits per heavy atom. The first-order valence-corrected chi connectivity index (χ1v) is 8.83. The SMILES string of the molecule is Cc1ccc(NC(=O)CCn2c(=O)cc(C)c3cc(C)cc(C)c32)cc1. The predicted molar refractivity (Wildman–Crippen MR) is 107 cm³/mol. The fourth-order valence-corrected chi connectivity index (χ4v) is 3.37. The third-order valence-electron chi connectivity index (χ3n) is 4.64. The Balaban J connectivity index is 1.86. The molecule has 26 heavy (non-hydrogen) atoms. The number of anilines is 1. The highest BCUT2D eigenvalue weighted by molar-refractivity contribution is 5.91. The van der Waals surface area contributed by atoms with Gasteiger partial charge in [-0.2, -0.15) is 0 Å². The number of rotatable bonds is 4. The smallest absolute Gasteiger partial charge is 0.251 e. The highest BCUT2D eigenvalue weighted by Crippen LogP contribution is 2.22. The van der Waals surface area contributed by atoms with Crippen LogP contribution in [0.2, 0.25) is 0 Å². The van der Waals surface area contributed by atoms with Crippen molar-refractivity contribution in [2.24, 2.45) is 0 Å². The molecule has 0 radical (unpaired) electrons. The molecule has 1 amide bonds. The van der Waals surface area contributed by atoms with Crippen LogP contribution in [0, 0.1) is 27.7 Å². The van der Waals surface area contributed by atoms with Gasteiger partial charge in [0, 0.05) is 30.1 Å². The van der Waals surface area contributed by atoms with E-state index in [2.05, 4.69) is 24.4 Å². The Morgan fingerprint density at radius 1 is 0.923 bits per heavy atom. The average Bonchev–Trinajstić information content (AvgIpc) is 2.57. The van der Waals surface area contributed by atoms with Gasteiger partial charge in [-0.15, -0.1) is 0 Å². The molecule has 0 spiro atoms. The number of pyridine rings is 1. The molecule has 0 atom stereocenters. The van der Waals surface area contributed by atoms with E-state index in [1.807, 2.05) is 45.0 Å². The van der Waals surface area contributed by atoms with Crippen molar-refractivity contribution < 1.29 is 4.79 Å². The van der Waals surface area contributed by atoms with E-state index in [9.17, 15) is 9.59 Å². The van der Waals surface area contributed by atoms with Gasteiger partial charge in [-0.25, -0.2) is 0 Å². The second-order valence-electron chi connectivity index (χ2n) is 6.96. The summed E-state index contributed by atoms with van der Waals surface area (Å²) in [6, 6.07) is 13.5. The molecule has 0 saturated carbocycles. The monoisotopic (exact) mass is 348 g/mol. The van der Waals surface area contributed by atoms with Gasteiger partial charge in [-0.3, -0.25) is 9.59 Å². The van der Waals surface area contributed by atoms with Gasteiger partial charge in [0.15, 0.2) is 0 Å². The number of amides is 1. The van der Waals surface area contributed by atoms with Crippen molar-refractivity contribution in [1.82, 2.24) is 4.57 Å². The highest BCUT2D eigenvalue weighted by atomic mass is 16.1. The maximum Gasteiger partial charge on any atom is 0.251 e. The van der Waals surface area contributed by atoms with Gasteiger partial charge in [0.05, 0.1) is 5.52 Å². The van der Waals surface area contributed by atoms with Crippen molar-refractivity contribution in [3.8, 4) is 0 Å². The number of aryl methyl sites for hydroxylation is 5. The number of nitrogens with zero attached hydrogens (tertiary/aromatic N) is 1. The first-order chi connectivity index (χ1) is 12.3. The van der Waals surface area contributed by atoms with Crippen molar-refractivity contribution >= 4 is 22.5 Å². The van der Waals surface area contributed by atoms with E-state index in [0.717, 1.165) is 33.3 Å². The standard InChI is InChI=1S/C22H24N2O2/c1-14-5-7-18(8-6-14)23-20(25)9-10-24-21(26)13-16(3)19-12-15(2)11-17(4)22(19)24/h5-8,11-13H,9-10H2,1-4H3,(H,23,25). The molecule has 134 valence electrons. The maximum atomic E-state index is 12.5. The quantitative estimate of drug-likeness (QED) is 0.766. The Hall–Kier alpha value is -2.88. The van der Waals surface area contributed by atoms with E-state index in [1.54, 1.807) is 10.6 Å². The van der Waals surface area contributed by atoms with Gasteiger partial charge in [-0.1, -0.05) is 29.3 Å². The number of carbonyl (C=O) groups is 1. The summed E-state index contributed by atoms with van der Waals surface area (Å²) in [6.07, 6.45) is 0.249. The van der Waals surface area contributed by atoms with Gasteiger partial charge in [0.2, 0.25) is 5.91 Å². The number of hydrogen-bond acceptors (Lipinski definition) is 2. The van der Waals surface area contributed by atoms with Crippen molar-refractivity contribution in [1.29, 1.82) is 0 Å². The molecule has 0 unspecified atom stereocenters. The largest absolute Gasteiger partial charge is 0.326 e. The summed E-state index contributed by atoms with van der Waals surface area (Å²) in [6.45, 7) is 8.38. The summed E-state index contributed by atoms with van der Waals surface area (Å²) in [5, 5.41) is 3.96. The fraction of sp³-hybridized carbons (Fsp3) is 0.273. The van der Waals surface area contributed by atoms with Crippen LogP contribution in [0.1, 0.15) is 28.7 Å². The number of aromatic nitrogens is 1. The molecule has 0 aliphatic heterocycles. The van der Waals surface area contributed by atoms with Crippen molar-refractivity contribution in [3.63, 3.8) is 0 Å². The minimum atomic E-state index is -0.0979. The van der Waals surface area contributed by atoms with Crippen LogP contribution in [-0.4, -0.2) is 10.5 Å². The number of benzene rings is 2. The zero-order valence-corrected chi connectivity index (χ0v) is 15.7. The molecule has 0 bridgehead atoms. The van der Waals surface area contributed by atoms with E-state index >= 15 is 0 Å². The molecule has 4 heteroatoms. The minimum Gasteiger partial charge on any atom is -0.326 e. The third kappa shape index (κ3) is 3.69. The normalized spacial score (nSPS) is 10.9. The van der Waals surface area contributed by atoms with Gasteiger partial charge < -0.3 is 9.88 Å². The molecule has 3 rings (SSSR count). The fourth-order valence-electron chi connectivity index (χ4n) is 3.37. The Bertz CT molecular complexity index is 1030. The number of nitrogens with one attached hydrogen (secondary N) is 1. The van der Waals surface area contributed by atoms with Crippen molar-refractivity contribution in [2.75, 3.05) is 5.32 Å². The topological polar surface area (TPSA) is 51.1 Å². The summed E-state index contributed by atoms with van der Waals surface area (Å²) < 4.78 is 1.71. The van der Waals surface area contributed by atoms with E-state index in [0.29, 0.717) is 6.54 Å². The lowest BCUT2D eigenvalue weighted by atomic mass is 10.0. The summed E-state index contributed by atoms with van der Waals surface area (Å²) in [7, 11) is 0. The number of hydrogen-bond donors (Lipinski definition) is 1. The summed E-state index contributed by atoms with van der Waals surface area (Å²) in [4.78, 5) is 24.8. The number of fused-ring (bicyclic) bond motifs is 1. The highest BCUT2D eigenvalue weighted by Gasteiger charge is 2.11. The molecule has 0 aliphatic rings. The molecular weight excluding hydrogens is 324 g/mol. The van der Waals surface area contributed by atoms with Crippen molar-refractivity contribution in [2.45, 2.75) is 40.7 Å². The zero-order chi connectivity index (χ0) is 18.8. The molecule has 2 aromatic carbocycles.